The summed E-state index contributed by atoms with van der Waals surface area (Å²) in [6.07, 6.45) is 5.99. The highest BCUT2D eigenvalue weighted by molar-refractivity contribution is 7.10. The Kier molecular flexibility index (Phi) is 2.74. The molecule has 1 aliphatic carbocycles. The molecule has 3 unspecified atom stereocenters. The minimum Gasteiger partial charge on any atom is -0.377 e. The highest BCUT2D eigenvalue weighted by Gasteiger charge is 2.39. The molecule has 4 rings (SSSR count). The minimum atomic E-state index is 0.461. The quantitative estimate of drug-likeness (QED) is 0.709. The van der Waals surface area contributed by atoms with Crippen LogP contribution >= 0.6 is 11.3 Å². The summed E-state index contributed by atoms with van der Waals surface area (Å²) >= 11 is 1.87. The summed E-state index contributed by atoms with van der Waals surface area (Å²) in [5.74, 6) is 1.25. The zero-order valence-electron chi connectivity index (χ0n) is 11.9. The molecule has 1 nitrogen and oxygen atoms in total. The molecule has 2 aliphatic rings. The fourth-order valence-corrected chi connectivity index (χ4v) is 4.64. The van der Waals surface area contributed by atoms with Gasteiger partial charge in [0.25, 0.3) is 0 Å². The largest absolute Gasteiger partial charge is 0.377 e. The number of allylic oxidation sites excluding steroid dienone is 2. The molecule has 1 N–H and O–H groups in total. The van der Waals surface area contributed by atoms with Crippen LogP contribution in [0.5, 0.6) is 0 Å². The molecule has 102 valence electrons. The number of rotatable bonds is 1. The second-order valence-corrected chi connectivity index (χ2v) is 6.96. The molecule has 2 aromatic rings. The van der Waals surface area contributed by atoms with Gasteiger partial charge >= 0.3 is 0 Å². The summed E-state index contributed by atoms with van der Waals surface area (Å²) in [5.41, 5.74) is 5.68. The predicted octanol–water partition coefficient (Wildman–Crippen LogP) is 5.19. The van der Waals surface area contributed by atoms with Crippen LogP contribution in [0.25, 0.3) is 0 Å². The van der Waals surface area contributed by atoms with Crippen molar-refractivity contribution >= 4 is 17.0 Å². The third-order valence-electron chi connectivity index (χ3n) is 4.80. The molecule has 1 aromatic heterocycles. The summed E-state index contributed by atoms with van der Waals surface area (Å²) in [6, 6.07) is 9.41. The number of anilines is 1. The minimum absolute atomic E-state index is 0.461. The van der Waals surface area contributed by atoms with E-state index in [1.807, 2.05) is 11.3 Å². The van der Waals surface area contributed by atoms with Gasteiger partial charge in [0.05, 0.1) is 6.04 Å². The van der Waals surface area contributed by atoms with Crippen molar-refractivity contribution < 1.29 is 0 Å². The number of hydrogen-bond acceptors (Lipinski definition) is 2. The van der Waals surface area contributed by atoms with Gasteiger partial charge in [0.15, 0.2) is 0 Å². The molecule has 20 heavy (non-hydrogen) atoms. The molecule has 0 spiro atoms. The summed E-state index contributed by atoms with van der Waals surface area (Å²) in [7, 11) is 0. The van der Waals surface area contributed by atoms with Crippen molar-refractivity contribution in [1.82, 2.24) is 0 Å². The van der Waals surface area contributed by atoms with Crippen LogP contribution in [0, 0.1) is 19.8 Å². The molecular formula is C18H19NS. The van der Waals surface area contributed by atoms with Gasteiger partial charge in [-0.05, 0) is 54.3 Å². The SMILES string of the molecule is Cc1ccc(C)c2c1NC(c1cccs1)C1CC=CC21. The Hall–Kier alpha value is -1.54. The van der Waals surface area contributed by atoms with Crippen LogP contribution in [-0.2, 0) is 0 Å². The van der Waals surface area contributed by atoms with Crippen LogP contribution in [-0.4, -0.2) is 0 Å². The molecule has 0 bridgehead atoms. The van der Waals surface area contributed by atoms with E-state index in [1.165, 1.54) is 33.7 Å². The predicted molar refractivity (Wildman–Crippen MR) is 86.6 cm³/mol. The molecule has 0 saturated heterocycles. The first-order chi connectivity index (χ1) is 9.75. The van der Waals surface area contributed by atoms with Gasteiger partial charge in [-0.2, -0.15) is 0 Å². The first-order valence-electron chi connectivity index (χ1n) is 7.32. The molecular weight excluding hydrogens is 262 g/mol. The van der Waals surface area contributed by atoms with Crippen LogP contribution in [0.3, 0.4) is 0 Å². The summed E-state index contributed by atoms with van der Waals surface area (Å²) in [5, 5.41) is 6.04. The Labute approximate surface area is 124 Å². The van der Waals surface area contributed by atoms with E-state index >= 15 is 0 Å². The van der Waals surface area contributed by atoms with Gasteiger partial charge in [-0.3, -0.25) is 0 Å². The maximum atomic E-state index is 3.85. The van der Waals surface area contributed by atoms with E-state index in [0.717, 1.165) is 0 Å². The van der Waals surface area contributed by atoms with E-state index in [4.69, 9.17) is 0 Å². The molecule has 1 aromatic carbocycles. The van der Waals surface area contributed by atoms with Crippen molar-refractivity contribution in [2.45, 2.75) is 32.2 Å². The van der Waals surface area contributed by atoms with Crippen molar-refractivity contribution in [3.05, 3.63) is 63.4 Å². The molecule has 2 heterocycles. The molecule has 2 heteroatoms. The summed E-state index contributed by atoms with van der Waals surface area (Å²) in [4.78, 5) is 1.47. The lowest BCUT2D eigenvalue weighted by molar-refractivity contribution is 0.428. The van der Waals surface area contributed by atoms with E-state index in [2.05, 4.69) is 61.0 Å². The lowest BCUT2D eigenvalue weighted by Crippen LogP contribution is -2.29. The fraction of sp³-hybridized carbons (Fsp3) is 0.333. The first kappa shape index (κ1) is 12.2. The molecule has 0 radical (unpaired) electrons. The monoisotopic (exact) mass is 281 g/mol. The van der Waals surface area contributed by atoms with Gasteiger partial charge in [-0.1, -0.05) is 30.4 Å². The lowest BCUT2D eigenvalue weighted by atomic mass is 9.76. The van der Waals surface area contributed by atoms with Gasteiger partial charge in [-0.15, -0.1) is 11.3 Å². The Balaban J connectivity index is 1.88. The van der Waals surface area contributed by atoms with Gasteiger partial charge in [-0.25, -0.2) is 0 Å². The van der Waals surface area contributed by atoms with Crippen molar-refractivity contribution in [2.75, 3.05) is 5.32 Å². The topological polar surface area (TPSA) is 12.0 Å². The van der Waals surface area contributed by atoms with Crippen molar-refractivity contribution in [3.63, 3.8) is 0 Å². The van der Waals surface area contributed by atoms with Crippen molar-refractivity contribution in [2.24, 2.45) is 5.92 Å². The van der Waals surface area contributed by atoms with Crippen LogP contribution in [0.2, 0.25) is 0 Å². The van der Waals surface area contributed by atoms with Gasteiger partial charge in [0.2, 0.25) is 0 Å². The summed E-state index contributed by atoms with van der Waals surface area (Å²) in [6.45, 7) is 4.46. The van der Waals surface area contributed by atoms with Crippen molar-refractivity contribution in [1.29, 1.82) is 0 Å². The number of thiophene rings is 1. The molecule has 0 amide bonds. The Morgan fingerprint density at radius 2 is 2.00 bits per heavy atom. The van der Waals surface area contributed by atoms with E-state index < -0.39 is 0 Å². The standard InChI is InChI=1S/C18H19NS/c1-11-8-9-12(2)17-16(11)13-5-3-6-14(13)18(19-17)15-7-4-10-20-15/h3-5,7-10,13-14,18-19H,6H2,1-2H3. The second-order valence-electron chi connectivity index (χ2n) is 5.98. The van der Waals surface area contributed by atoms with Gasteiger partial charge in [0, 0.05) is 16.5 Å². The third-order valence-corrected chi connectivity index (χ3v) is 5.75. The number of aryl methyl sites for hydroxylation is 2. The number of nitrogens with one attached hydrogen (secondary N) is 1. The molecule has 3 atom stereocenters. The zero-order valence-corrected chi connectivity index (χ0v) is 12.7. The maximum absolute atomic E-state index is 3.85. The van der Waals surface area contributed by atoms with Crippen LogP contribution in [0.15, 0.2) is 41.8 Å². The number of hydrogen-bond donors (Lipinski definition) is 1. The van der Waals surface area contributed by atoms with Gasteiger partial charge < -0.3 is 5.32 Å². The van der Waals surface area contributed by atoms with Crippen LogP contribution < -0.4 is 5.32 Å². The maximum Gasteiger partial charge on any atom is 0.0646 e. The van der Waals surface area contributed by atoms with Crippen LogP contribution in [0.1, 0.15) is 39.9 Å². The Bertz CT molecular complexity index is 669. The van der Waals surface area contributed by atoms with Crippen molar-refractivity contribution in [3.8, 4) is 0 Å². The zero-order chi connectivity index (χ0) is 13.7. The van der Waals surface area contributed by atoms with E-state index in [-0.39, 0.29) is 0 Å². The third kappa shape index (κ3) is 1.68. The number of benzene rings is 1. The fourth-order valence-electron chi connectivity index (χ4n) is 3.79. The summed E-state index contributed by atoms with van der Waals surface area (Å²) < 4.78 is 0. The molecule has 0 saturated carbocycles. The van der Waals surface area contributed by atoms with E-state index in [1.54, 1.807) is 0 Å². The normalized spacial score (nSPS) is 27.0. The highest BCUT2D eigenvalue weighted by atomic mass is 32.1. The average Bonchev–Trinajstić information content (AvgIpc) is 3.11. The van der Waals surface area contributed by atoms with Gasteiger partial charge in [0.1, 0.15) is 0 Å². The van der Waals surface area contributed by atoms with E-state index in [0.29, 0.717) is 17.9 Å². The molecule has 1 aliphatic heterocycles. The first-order valence-corrected chi connectivity index (χ1v) is 8.20. The Morgan fingerprint density at radius 3 is 2.80 bits per heavy atom. The number of fused-ring (bicyclic) bond motifs is 3. The Morgan fingerprint density at radius 1 is 1.15 bits per heavy atom. The average molecular weight is 281 g/mol. The molecule has 0 fully saturated rings. The highest BCUT2D eigenvalue weighted by Crippen LogP contribution is 2.52. The second kappa shape index (κ2) is 4.49. The lowest BCUT2D eigenvalue weighted by Gasteiger charge is -2.38. The smallest absolute Gasteiger partial charge is 0.0646 e. The van der Waals surface area contributed by atoms with E-state index in [9.17, 15) is 0 Å². The van der Waals surface area contributed by atoms with Crippen LogP contribution in [0.4, 0.5) is 5.69 Å².